The summed E-state index contributed by atoms with van der Waals surface area (Å²) in [5.74, 6) is 0.264. The molecule has 0 saturated heterocycles. The monoisotopic (exact) mass is 353 g/mol. The summed E-state index contributed by atoms with van der Waals surface area (Å²) >= 11 is 0. The number of halogens is 2. The molecule has 24 heavy (non-hydrogen) atoms. The summed E-state index contributed by atoms with van der Waals surface area (Å²) in [6.07, 6.45) is 4.71. The smallest absolute Gasteiger partial charge is 0.226 e. The van der Waals surface area contributed by atoms with Crippen LogP contribution < -0.4 is 11.1 Å². The minimum atomic E-state index is -0.296. The van der Waals surface area contributed by atoms with E-state index in [0.29, 0.717) is 18.9 Å². The van der Waals surface area contributed by atoms with Crippen LogP contribution in [-0.2, 0) is 11.2 Å². The number of benzene rings is 1. The highest BCUT2D eigenvalue weighted by molar-refractivity contribution is 5.85. The average Bonchev–Trinajstić information content (AvgIpc) is 3.17. The Hall–Kier alpha value is -1.92. The quantitative estimate of drug-likeness (QED) is 0.866. The van der Waals surface area contributed by atoms with Gasteiger partial charge >= 0.3 is 0 Å². The number of nitrogens with two attached hydrogens (primary N) is 1. The van der Waals surface area contributed by atoms with Crippen molar-refractivity contribution >= 4 is 18.3 Å². The molecule has 2 atom stereocenters. The lowest BCUT2D eigenvalue weighted by atomic mass is 10.1. The molecule has 1 aromatic heterocycles. The van der Waals surface area contributed by atoms with E-state index in [1.54, 1.807) is 18.4 Å². The summed E-state index contributed by atoms with van der Waals surface area (Å²) in [5, 5.41) is 2.92. The summed E-state index contributed by atoms with van der Waals surface area (Å²) in [7, 11) is 0. The summed E-state index contributed by atoms with van der Waals surface area (Å²) in [5.41, 5.74) is 7.31. The Morgan fingerprint density at radius 2 is 2.08 bits per heavy atom. The fourth-order valence-electron chi connectivity index (χ4n) is 2.86. The van der Waals surface area contributed by atoms with E-state index in [0.717, 1.165) is 30.5 Å². The molecule has 0 aliphatic heterocycles. The number of nitrogens with zero attached hydrogens (tertiary/aromatic N) is 1. The average molecular weight is 354 g/mol. The van der Waals surface area contributed by atoms with Crippen LogP contribution in [0, 0.1) is 11.7 Å². The van der Waals surface area contributed by atoms with Crippen molar-refractivity contribution in [3.8, 4) is 11.5 Å². The van der Waals surface area contributed by atoms with E-state index < -0.39 is 0 Å². The Morgan fingerprint density at radius 1 is 1.33 bits per heavy atom. The molecule has 5 nitrogen and oxygen atoms in total. The van der Waals surface area contributed by atoms with E-state index in [1.807, 2.05) is 0 Å². The van der Waals surface area contributed by atoms with Crippen LogP contribution in [0.25, 0.3) is 11.5 Å². The van der Waals surface area contributed by atoms with Gasteiger partial charge in [-0.15, -0.1) is 12.4 Å². The second-order valence-electron chi connectivity index (χ2n) is 5.96. The third-order valence-electron chi connectivity index (χ3n) is 4.17. The van der Waals surface area contributed by atoms with Crippen LogP contribution in [0.5, 0.6) is 0 Å². The first-order valence-electron chi connectivity index (χ1n) is 7.85. The van der Waals surface area contributed by atoms with Crippen LogP contribution in [0.1, 0.15) is 25.0 Å². The van der Waals surface area contributed by atoms with Gasteiger partial charge in [0.05, 0.1) is 5.69 Å². The lowest BCUT2D eigenvalue weighted by Crippen LogP contribution is -2.31. The zero-order valence-electron chi connectivity index (χ0n) is 13.2. The zero-order valence-corrected chi connectivity index (χ0v) is 14.0. The normalized spacial score (nSPS) is 19.8. The van der Waals surface area contributed by atoms with E-state index in [-0.39, 0.29) is 36.1 Å². The number of aromatic nitrogens is 1. The predicted octanol–water partition coefficient (Wildman–Crippen LogP) is 2.69. The van der Waals surface area contributed by atoms with Crippen molar-refractivity contribution in [2.24, 2.45) is 11.7 Å². The SMILES string of the molecule is Cl.NC1CCC(C(=O)NCCc2coc(-c3ccc(F)cc3)n2)C1. The second-order valence-corrected chi connectivity index (χ2v) is 5.96. The molecule has 3 rings (SSSR count). The molecule has 1 saturated carbocycles. The van der Waals surface area contributed by atoms with Gasteiger partial charge in [-0.3, -0.25) is 4.79 Å². The number of hydrogen-bond donors (Lipinski definition) is 2. The molecule has 0 spiro atoms. The first-order valence-corrected chi connectivity index (χ1v) is 7.85. The summed E-state index contributed by atoms with van der Waals surface area (Å²) in [6.45, 7) is 0.514. The predicted molar refractivity (Wildman–Crippen MR) is 91.2 cm³/mol. The Labute approximate surface area is 146 Å². The van der Waals surface area contributed by atoms with Gasteiger partial charge in [-0.25, -0.2) is 9.37 Å². The van der Waals surface area contributed by atoms with E-state index in [9.17, 15) is 9.18 Å². The van der Waals surface area contributed by atoms with Crippen molar-refractivity contribution in [3.05, 3.63) is 42.0 Å². The number of rotatable bonds is 5. The third-order valence-corrected chi connectivity index (χ3v) is 4.17. The van der Waals surface area contributed by atoms with Crippen LogP contribution in [0.15, 0.2) is 34.9 Å². The fourth-order valence-corrected chi connectivity index (χ4v) is 2.86. The maximum atomic E-state index is 12.9. The van der Waals surface area contributed by atoms with Crippen molar-refractivity contribution in [2.45, 2.75) is 31.7 Å². The van der Waals surface area contributed by atoms with Gasteiger partial charge < -0.3 is 15.5 Å². The highest BCUT2D eigenvalue weighted by atomic mass is 35.5. The van der Waals surface area contributed by atoms with E-state index in [1.165, 1.54) is 12.1 Å². The number of carbonyl (C=O) groups excluding carboxylic acids is 1. The van der Waals surface area contributed by atoms with Gasteiger partial charge in [0.1, 0.15) is 12.1 Å². The molecule has 2 aromatic rings. The number of carbonyl (C=O) groups is 1. The summed E-state index contributed by atoms with van der Waals surface area (Å²) < 4.78 is 18.3. The Bertz CT molecular complexity index is 675. The van der Waals surface area contributed by atoms with Gasteiger partial charge in [-0.1, -0.05) is 0 Å². The largest absolute Gasteiger partial charge is 0.444 e. The molecule has 1 aromatic carbocycles. The molecule has 1 fully saturated rings. The second kappa shape index (κ2) is 8.26. The number of hydrogen-bond acceptors (Lipinski definition) is 4. The Balaban J connectivity index is 0.00000208. The third kappa shape index (κ3) is 4.55. The number of amides is 1. The van der Waals surface area contributed by atoms with Crippen LogP contribution in [0.3, 0.4) is 0 Å². The van der Waals surface area contributed by atoms with Crippen molar-refractivity contribution in [1.29, 1.82) is 0 Å². The maximum Gasteiger partial charge on any atom is 0.226 e. The van der Waals surface area contributed by atoms with Gasteiger partial charge in [-0.2, -0.15) is 0 Å². The molecule has 3 N–H and O–H groups in total. The minimum Gasteiger partial charge on any atom is -0.444 e. The first-order chi connectivity index (χ1) is 11.1. The van der Waals surface area contributed by atoms with Crippen molar-refractivity contribution < 1.29 is 13.6 Å². The Kier molecular flexibility index (Phi) is 6.34. The van der Waals surface area contributed by atoms with Crippen LogP contribution in [0.4, 0.5) is 4.39 Å². The number of oxazole rings is 1. The fraction of sp³-hybridized carbons (Fsp3) is 0.412. The first kappa shape index (κ1) is 18.4. The molecule has 1 heterocycles. The lowest BCUT2D eigenvalue weighted by Gasteiger charge is -2.09. The lowest BCUT2D eigenvalue weighted by molar-refractivity contribution is -0.124. The molecule has 2 unspecified atom stereocenters. The van der Waals surface area contributed by atoms with Gasteiger partial charge in [0.25, 0.3) is 0 Å². The maximum absolute atomic E-state index is 12.9. The van der Waals surface area contributed by atoms with Crippen molar-refractivity contribution in [2.75, 3.05) is 6.54 Å². The minimum absolute atomic E-state index is 0. The highest BCUT2D eigenvalue weighted by Crippen LogP contribution is 2.24. The van der Waals surface area contributed by atoms with Crippen LogP contribution in [0.2, 0.25) is 0 Å². The van der Waals surface area contributed by atoms with Gasteiger partial charge in [-0.05, 0) is 43.5 Å². The molecule has 130 valence electrons. The van der Waals surface area contributed by atoms with Crippen molar-refractivity contribution in [1.82, 2.24) is 10.3 Å². The van der Waals surface area contributed by atoms with Crippen molar-refractivity contribution in [3.63, 3.8) is 0 Å². The molecular formula is C17H21ClFN3O2. The molecular weight excluding hydrogens is 333 g/mol. The molecule has 0 radical (unpaired) electrons. The van der Waals surface area contributed by atoms with E-state index >= 15 is 0 Å². The molecule has 0 bridgehead atoms. The standard InChI is InChI=1S/C17H20FN3O2.ClH/c18-13-4-1-11(2-5-13)17-21-15(10-23-17)7-8-20-16(22)12-3-6-14(19)9-12;/h1-2,4-5,10,12,14H,3,6-9,19H2,(H,20,22);1H. The molecule has 7 heteroatoms. The zero-order chi connectivity index (χ0) is 16.2. The van der Waals surface area contributed by atoms with E-state index in [2.05, 4.69) is 10.3 Å². The summed E-state index contributed by atoms with van der Waals surface area (Å²) in [4.78, 5) is 16.3. The molecule has 1 amide bonds. The Morgan fingerprint density at radius 3 is 2.75 bits per heavy atom. The highest BCUT2D eigenvalue weighted by Gasteiger charge is 2.27. The number of nitrogens with one attached hydrogen (secondary N) is 1. The van der Waals surface area contributed by atoms with E-state index in [4.69, 9.17) is 10.2 Å². The van der Waals surface area contributed by atoms with Gasteiger partial charge in [0.15, 0.2) is 0 Å². The van der Waals surface area contributed by atoms with Gasteiger partial charge in [0, 0.05) is 30.5 Å². The summed E-state index contributed by atoms with van der Waals surface area (Å²) in [6, 6.07) is 6.13. The van der Waals surface area contributed by atoms with Gasteiger partial charge in [0.2, 0.25) is 11.8 Å². The van der Waals surface area contributed by atoms with Crippen LogP contribution in [-0.4, -0.2) is 23.5 Å². The molecule has 1 aliphatic carbocycles. The van der Waals surface area contributed by atoms with Crippen LogP contribution >= 0.6 is 12.4 Å². The topological polar surface area (TPSA) is 81.2 Å². The molecule has 1 aliphatic rings.